The van der Waals surface area contributed by atoms with Gasteiger partial charge in [-0.2, -0.15) is 0 Å². The Bertz CT molecular complexity index is 9.61. The Morgan fingerprint density at radius 1 is 1.00 bits per heavy atom. The Balaban J connectivity index is -0.00000000167. The van der Waals surface area contributed by atoms with Crippen LogP contribution in [0.2, 0.25) is 6.82 Å². The van der Waals surface area contributed by atoms with E-state index in [9.17, 15) is 0 Å². The van der Waals surface area contributed by atoms with Crippen LogP contribution in [-0.2, 0) is 0 Å². The molecular formula is CH10BNaO2. The van der Waals surface area contributed by atoms with E-state index in [-0.39, 0.29) is 40.5 Å². The zero-order valence-electron chi connectivity index (χ0n) is 3.00. The van der Waals surface area contributed by atoms with Gasteiger partial charge in [-0.3, -0.25) is 0 Å². The Morgan fingerprint density at radius 2 is 1.00 bits per heavy atom. The average molecular weight is 87.9 g/mol. The first-order valence-corrected chi connectivity index (χ1v) is 1.00. The molecule has 0 fully saturated rings. The molecule has 0 spiro atoms. The molecule has 0 heterocycles. The second-order valence-electron chi connectivity index (χ2n) is 0. The van der Waals surface area contributed by atoms with Gasteiger partial charge in [-0.1, -0.05) is 6.82 Å². The molecule has 4 N–H and O–H groups in total. The molecule has 0 aromatic heterocycles. The number of rotatable bonds is 0. The molecule has 2 nitrogen and oxygen atoms in total. The van der Waals surface area contributed by atoms with E-state index < -0.39 is 0 Å². The summed E-state index contributed by atoms with van der Waals surface area (Å²) in [5, 5.41) is 0. The van der Waals surface area contributed by atoms with Gasteiger partial charge in [0, 0.05) is 0 Å². The van der Waals surface area contributed by atoms with Crippen LogP contribution in [-0.4, -0.2) is 48.4 Å². The fourth-order valence-corrected chi connectivity index (χ4v) is 0. The molecule has 0 rings (SSSR count). The van der Waals surface area contributed by atoms with Gasteiger partial charge in [0.05, 0.1) is 7.85 Å². The quantitative estimate of drug-likeness (QED) is 0.291. The van der Waals surface area contributed by atoms with Crippen LogP contribution in [0.4, 0.5) is 0 Å². The van der Waals surface area contributed by atoms with Crippen LogP contribution in [0.1, 0.15) is 0 Å². The third-order valence-electron chi connectivity index (χ3n) is 0. The second kappa shape index (κ2) is 81.6. The first-order chi connectivity index (χ1) is 1.00. The van der Waals surface area contributed by atoms with Crippen LogP contribution in [0.3, 0.4) is 0 Å². The summed E-state index contributed by atoms with van der Waals surface area (Å²) in [6.45, 7) is 2.00. The fourth-order valence-electron chi connectivity index (χ4n) is 0. The van der Waals surface area contributed by atoms with Gasteiger partial charge in [0.15, 0.2) is 0 Å². The summed E-state index contributed by atoms with van der Waals surface area (Å²) in [4.78, 5) is 0. The molecule has 0 aliphatic carbocycles. The van der Waals surface area contributed by atoms with Gasteiger partial charge < -0.3 is 11.0 Å². The summed E-state index contributed by atoms with van der Waals surface area (Å²) in [6, 6.07) is 0. The zero-order chi connectivity index (χ0) is 2.00. The molecule has 4 heteroatoms. The summed E-state index contributed by atoms with van der Waals surface area (Å²) in [6.07, 6.45) is 0. The molecule has 0 unspecified atom stereocenters. The van der Waals surface area contributed by atoms with Crippen molar-refractivity contribution in [3.63, 3.8) is 0 Å². The molecule has 30 valence electrons. The van der Waals surface area contributed by atoms with Gasteiger partial charge in [0.25, 0.3) is 0 Å². The minimum atomic E-state index is 0. The van der Waals surface area contributed by atoms with E-state index in [4.69, 9.17) is 0 Å². The van der Waals surface area contributed by atoms with Crippen molar-refractivity contribution in [3.8, 4) is 0 Å². The third kappa shape index (κ3) is 45.8. The van der Waals surface area contributed by atoms with Crippen molar-refractivity contribution < 1.29 is 11.0 Å². The normalized spacial score (nSPS) is 1.00. The van der Waals surface area contributed by atoms with Crippen LogP contribution in [0.25, 0.3) is 0 Å². The van der Waals surface area contributed by atoms with Crippen molar-refractivity contribution in [1.82, 2.24) is 0 Å². The Kier molecular flexibility index (Phi) is 616. The van der Waals surface area contributed by atoms with Gasteiger partial charge in [-0.15, -0.1) is 0 Å². The van der Waals surface area contributed by atoms with Crippen molar-refractivity contribution in [2.24, 2.45) is 0 Å². The molecule has 0 amide bonds. The average Bonchev–Trinajstić information content (AvgIpc) is 1.00. The van der Waals surface area contributed by atoms with E-state index in [1.807, 2.05) is 14.7 Å². The Hall–Kier alpha value is 0.985. The van der Waals surface area contributed by atoms with Gasteiger partial charge >= 0.3 is 29.6 Å². The van der Waals surface area contributed by atoms with Gasteiger partial charge in [0.1, 0.15) is 0 Å². The van der Waals surface area contributed by atoms with Crippen molar-refractivity contribution in [2.75, 3.05) is 0 Å². The second-order valence-corrected chi connectivity index (χ2v) is 0. The zero-order valence-corrected chi connectivity index (χ0v) is 3.00. The van der Waals surface area contributed by atoms with E-state index in [0.717, 1.165) is 0 Å². The summed E-state index contributed by atoms with van der Waals surface area (Å²) in [7, 11) is 2.00. The van der Waals surface area contributed by atoms with E-state index in [1.54, 1.807) is 0 Å². The summed E-state index contributed by atoms with van der Waals surface area (Å²) in [5.74, 6) is 0. The van der Waals surface area contributed by atoms with Crippen LogP contribution < -0.4 is 0 Å². The summed E-state index contributed by atoms with van der Waals surface area (Å²) >= 11 is 0. The first kappa shape index (κ1) is 37.7. The van der Waals surface area contributed by atoms with Crippen molar-refractivity contribution in [2.45, 2.75) is 6.82 Å². The Morgan fingerprint density at radius 3 is 1.00 bits per heavy atom. The maximum atomic E-state index is 2.00. The van der Waals surface area contributed by atoms with E-state index in [1.165, 1.54) is 0 Å². The van der Waals surface area contributed by atoms with Gasteiger partial charge in [-0.05, 0) is 0 Å². The van der Waals surface area contributed by atoms with Crippen LogP contribution in [0.15, 0.2) is 0 Å². The predicted molar refractivity (Wildman–Crippen MR) is 28.8 cm³/mol. The molecule has 0 aliphatic rings. The predicted octanol–water partition coefficient (Wildman–Crippen LogP) is -2.63. The number of hydrogen-bond donors (Lipinski definition) is 0. The SMILES string of the molecule is BC.O.O.[NaH]. The molecule has 5 heavy (non-hydrogen) atoms. The van der Waals surface area contributed by atoms with Gasteiger partial charge in [-0.25, -0.2) is 0 Å². The third-order valence-corrected chi connectivity index (χ3v) is 0. The summed E-state index contributed by atoms with van der Waals surface area (Å²) < 4.78 is 0. The van der Waals surface area contributed by atoms with E-state index >= 15 is 0 Å². The molecule has 0 aromatic rings. The van der Waals surface area contributed by atoms with E-state index in [2.05, 4.69) is 0 Å². The monoisotopic (exact) mass is 88.1 g/mol. The van der Waals surface area contributed by atoms with Crippen LogP contribution in [0.5, 0.6) is 0 Å². The molecule has 0 bridgehead atoms. The van der Waals surface area contributed by atoms with Crippen LogP contribution in [0, 0.1) is 0 Å². The van der Waals surface area contributed by atoms with Gasteiger partial charge in [0.2, 0.25) is 0 Å². The molecule has 0 aromatic carbocycles. The maximum absolute atomic E-state index is 2.00. The molecular weight excluding hydrogens is 77.8 g/mol. The minimum absolute atomic E-state index is 0. The van der Waals surface area contributed by atoms with Crippen LogP contribution >= 0.6 is 0 Å². The standard InChI is InChI=1S/CH5B.Na.2H2O.H/c1-2;;;;/h2H2,1H3;;2*1H2;. The fraction of sp³-hybridized carbons (Fsp3) is 1.00. The molecule has 0 atom stereocenters. The molecule has 0 aliphatic heterocycles. The molecule has 0 saturated carbocycles. The van der Waals surface area contributed by atoms with Crippen molar-refractivity contribution >= 4 is 37.4 Å². The Labute approximate surface area is 55.3 Å². The topological polar surface area (TPSA) is 63.0 Å². The summed E-state index contributed by atoms with van der Waals surface area (Å²) in [5.41, 5.74) is 0. The van der Waals surface area contributed by atoms with Crippen molar-refractivity contribution in [1.29, 1.82) is 0 Å². The first-order valence-electron chi connectivity index (χ1n) is 1.00. The number of hydrogen-bond acceptors (Lipinski definition) is 0. The van der Waals surface area contributed by atoms with E-state index in [0.29, 0.717) is 0 Å². The van der Waals surface area contributed by atoms with Crippen molar-refractivity contribution in [3.05, 3.63) is 0 Å². The molecule has 0 saturated heterocycles. The molecule has 0 radical (unpaired) electrons.